The van der Waals surface area contributed by atoms with Crippen LogP contribution in [0.3, 0.4) is 0 Å². The topological polar surface area (TPSA) is 92.9 Å². The van der Waals surface area contributed by atoms with E-state index in [0.717, 1.165) is 5.69 Å². The number of rotatable bonds is 4. The van der Waals surface area contributed by atoms with Crippen LogP contribution in [0.5, 0.6) is 0 Å². The minimum Gasteiger partial charge on any atom is -0.345 e. The summed E-state index contributed by atoms with van der Waals surface area (Å²) in [6, 6.07) is 8.82. The number of nitrogen functional groups attached to an aromatic ring is 1. The number of hydrazine groups is 1. The van der Waals surface area contributed by atoms with Crippen molar-refractivity contribution in [3.8, 4) is 0 Å². The number of hydrogen-bond acceptors (Lipinski definition) is 5. The molecule has 0 spiro atoms. The standard InChI is InChI=1S/C12H13N5O/c13-17-10-4-5-11(15-8-10)12(18)16-7-9-3-1-2-6-14-9/h1-6,8,17H,7,13H2,(H,16,18). The molecule has 0 unspecified atom stereocenters. The SMILES string of the molecule is NNc1ccc(C(=O)NCc2ccccn2)nc1. The first-order valence-corrected chi connectivity index (χ1v) is 5.40. The average molecular weight is 243 g/mol. The summed E-state index contributed by atoms with van der Waals surface area (Å²) in [7, 11) is 0. The first kappa shape index (κ1) is 12.0. The van der Waals surface area contributed by atoms with Crippen LogP contribution in [-0.4, -0.2) is 15.9 Å². The van der Waals surface area contributed by atoms with Crippen LogP contribution in [-0.2, 0) is 6.54 Å². The molecule has 6 heteroatoms. The third-order valence-corrected chi connectivity index (χ3v) is 2.32. The van der Waals surface area contributed by atoms with E-state index < -0.39 is 0 Å². The van der Waals surface area contributed by atoms with Crippen LogP contribution in [0.1, 0.15) is 16.2 Å². The fourth-order valence-corrected chi connectivity index (χ4v) is 1.38. The number of nitrogens with two attached hydrogens (primary N) is 1. The molecule has 0 aliphatic heterocycles. The highest BCUT2D eigenvalue weighted by Crippen LogP contribution is 2.04. The molecular weight excluding hydrogens is 230 g/mol. The number of carbonyl (C=O) groups is 1. The molecule has 0 aliphatic rings. The lowest BCUT2D eigenvalue weighted by Crippen LogP contribution is -2.24. The summed E-state index contributed by atoms with van der Waals surface area (Å²) >= 11 is 0. The Labute approximate surface area is 104 Å². The number of hydrogen-bond donors (Lipinski definition) is 3. The molecule has 0 saturated heterocycles. The van der Waals surface area contributed by atoms with Crippen molar-refractivity contribution in [3.63, 3.8) is 0 Å². The Balaban J connectivity index is 1.95. The number of nitrogens with zero attached hydrogens (tertiary/aromatic N) is 2. The molecule has 0 saturated carbocycles. The fourth-order valence-electron chi connectivity index (χ4n) is 1.38. The van der Waals surface area contributed by atoms with E-state index in [1.54, 1.807) is 18.3 Å². The van der Waals surface area contributed by atoms with Crippen molar-refractivity contribution in [1.82, 2.24) is 15.3 Å². The van der Waals surface area contributed by atoms with Crippen LogP contribution in [0, 0.1) is 0 Å². The summed E-state index contributed by atoms with van der Waals surface area (Å²) in [6.45, 7) is 0.373. The van der Waals surface area contributed by atoms with E-state index in [2.05, 4.69) is 20.7 Å². The van der Waals surface area contributed by atoms with Crippen LogP contribution < -0.4 is 16.6 Å². The second-order valence-corrected chi connectivity index (χ2v) is 3.58. The van der Waals surface area contributed by atoms with Crippen LogP contribution in [0.25, 0.3) is 0 Å². The maximum atomic E-state index is 11.8. The smallest absolute Gasteiger partial charge is 0.270 e. The highest BCUT2D eigenvalue weighted by molar-refractivity contribution is 5.92. The molecule has 2 aromatic rings. The van der Waals surface area contributed by atoms with Crippen LogP contribution in [0.4, 0.5) is 5.69 Å². The van der Waals surface area contributed by atoms with Crippen molar-refractivity contribution in [2.45, 2.75) is 6.54 Å². The fraction of sp³-hybridized carbons (Fsp3) is 0.0833. The highest BCUT2D eigenvalue weighted by atomic mass is 16.1. The number of nitrogens with one attached hydrogen (secondary N) is 2. The molecule has 0 atom stereocenters. The summed E-state index contributed by atoms with van der Waals surface area (Å²) in [4.78, 5) is 19.9. The van der Waals surface area contributed by atoms with Crippen LogP contribution >= 0.6 is 0 Å². The summed E-state index contributed by atoms with van der Waals surface area (Å²) in [5, 5.41) is 2.74. The predicted octanol–water partition coefficient (Wildman–Crippen LogP) is 0.692. The molecule has 0 aromatic carbocycles. The molecule has 0 bridgehead atoms. The van der Waals surface area contributed by atoms with Crippen molar-refractivity contribution in [3.05, 3.63) is 54.1 Å². The van der Waals surface area contributed by atoms with Gasteiger partial charge in [0.1, 0.15) is 5.69 Å². The van der Waals surface area contributed by atoms with Crippen LogP contribution in [0.2, 0.25) is 0 Å². The molecule has 6 nitrogen and oxygen atoms in total. The Morgan fingerprint density at radius 1 is 1.22 bits per heavy atom. The highest BCUT2D eigenvalue weighted by Gasteiger charge is 2.06. The van der Waals surface area contributed by atoms with Gasteiger partial charge in [0.05, 0.1) is 24.1 Å². The molecule has 0 fully saturated rings. The minimum absolute atomic E-state index is 0.246. The largest absolute Gasteiger partial charge is 0.345 e. The van der Waals surface area contributed by atoms with Crippen molar-refractivity contribution in [1.29, 1.82) is 0 Å². The van der Waals surface area contributed by atoms with Gasteiger partial charge in [-0.25, -0.2) is 4.98 Å². The van der Waals surface area contributed by atoms with Gasteiger partial charge in [0.25, 0.3) is 5.91 Å². The zero-order valence-electron chi connectivity index (χ0n) is 9.63. The van der Waals surface area contributed by atoms with Gasteiger partial charge in [0.2, 0.25) is 0 Å². The van der Waals surface area contributed by atoms with Gasteiger partial charge < -0.3 is 10.7 Å². The maximum Gasteiger partial charge on any atom is 0.270 e. The number of amides is 1. The summed E-state index contributed by atoms with van der Waals surface area (Å²) < 4.78 is 0. The Morgan fingerprint density at radius 3 is 2.72 bits per heavy atom. The van der Waals surface area contributed by atoms with Gasteiger partial charge in [0, 0.05) is 6.20 Å². The molecule has 0 aliphatic carbocycles. The normalized spacial score (nSPS) is 9.83. The number of pyridine rings is 2. The molecule has 1 amide bonds. The quantitative estimate of drug-likeness (QED) is 0.542. The number of aromatic nitrogens is 2. The summed E-state index contributed by atoms with van der Waals surface area (Å²) in [5.41, 5.74) is 4.23. The number of carbonyl (C=O) groups excluding carboxylic acids is 1. The van der Waals surface area contributed by atoms with E-state index in [4.69, 9.17) is 5.84 Å². The van der Waals surface area contributed by atoms with E-state index in [-0.39, 0.29) is 5.91 Å². The van der Waals surface area contributed by atoms with Gasteiger partial charge in [-0.15, -0.1) is 0 Å². The van der Waals surface area contributed by atoms with Gasteiger partial charge in [-0.1, -0.05) is 6.07 Å². The lowest BCUT2D eigenvalue weighted by Gasteiger charge is -2.04. The molecule has 2 heterocycles. The Hall–Kier alpha value is -2.47. The van der Waals surface area contributed by atoms with Crippen molar-refractivity contribution in [2.75, 3.05) is 5.43 Å². The molecule has 0 radical (unpaired) electrons. The molecule has 92 valence electrons. The van der Waals surface area contributed by atoms with Gasteiger partial charge in [-0.05, 0) is 24.3 Å². The van der Waals surface area contributed by atoms with Gasteiger partial charge >= 0.3 is 0 Å². The van der Waals surface area contributed by atoms with Gasteiger partial charge in [0.15, 0.2) is 0 Å². The van der Waals surface area contributed by atoms with Crippen LogP contribution in [0.15, 0.2) is 42.7 Å². The summed E-state index contributed by atoms with van der Waals surface area (Å²) in [5.74, 6) is 4.97. The lowest BCUT2D eigenvalue weighted by molar-refractivity contribution is 0.0945. The second kappa shape index (κ2) is 5.74. The molecular formula is C12H13N5O. The third-order valence-electron chi connectivity index (χ3n) is 2.32. The number of anilines is 1. The first-order valence-electron chi connectivity index (χ1n) is 5.40. The zero-order valence-corrected chi connectivity index (χ0v) is 9.63. The minimum atomic E-state index is -0.246. The van der Waals surface area contributed by atoms with Crippen molar-refractivity contribution >= 4 is 11.6 Å². The molecule has 2 aromatic heterocycles. The molecule has 18 heavy (non-hydrogen) atoms. The summed E-state index contributed by atoms with van der Waals surface area (Å²) in [6.07, 6.45) is 3.18. The van der Waals surface area contributed by atoms with Gasteiger partial charge in [-0.3, -0.25) is 15.6 Å². The monoisotopic (exact) mass is 243 g/mol. The van der Waals surface area contributed by atoms with Crippen molar-refractivity contribution in [2.24, 2.45) is 5.84 Å². The van der Waals surface area contributed by atoms with E-state index >= 15 is 0 Å². The maximum absolute atomic E-state index is 11.8. The van der Waals surface area contributed by atoms with E-state index in [9.17, 15) is 4.79 Å². The van der Waals surface area contributed by atoms with Gasteiger partial charge in [-0.2, -0.15) is 0 Å². The molecule has 4 N–H and O–H groups in total. The van der Waals surface area contributed by atoms with E-state index in [1.807, 2.05) is 18.2 Å². The average Bonchev–Trinajstić information content (AvgIpc) is 2.46. The lowest BCUT2D eigenvalue weighted by atomic mass is 10.3. The third kappa shape index (κ3) is 3.02. The Kier molecular flexibility index (Phi) is 3.83. The van der Waals surface area contributed by atoms with E-state index in [0.29, 0.717) is 17.9 Å². The predicted molar refractivity (Wildman–Crippen MR) is 67.5 cm³/mol. The van der Waals surface area contributed by atoms with E-state index in [1.165, 1.54) is 6.20 Å². The van der Waals surface area contributed by atoms with Crippen molar-refractivity contribution < 1.29 is 4.79 Å². The zero-order chi connectivity index (χ0) is 12.8. The molecule has 2 rings (SSSR count). The first-order chi connectivity index (χ1) is 8.79. The Bertz CT molecular complexity index is 512. The Morgan fingerprint density at radius 2 is 2.11 bits per heavy atom. The second-order valence-electron chi connectivity index (χ2n) is 3.58.